The predicted molar refractivity (Wildman–Crippen MR) is 71.9 cm³/mol. The lowest BCUT2D eigenvalue weighted by Crippen LogP contribution is -2.80. The number of carbonyl (C=O) groups excluding carboxylic acids is 2. The van der Waals surface area contributed by atoms with E-state index >= 15 is 0 Å². The number of nitrogens with one attached hydrogen (secondary N) is 1. The zero-order chi connectivity index (χ0) is 15.3. The van der Waals surface area contributed by atoms with E-state index in [0.717, 1.165) is 19.3 Å². The van der Waals surface area contributed by atoms with Gasteiger partial charge in [0, 0.05) is 5.92 Å². The highest BCUT2D eigenvalue weighted by atomic mass is 19.1. The zero-order valence-corrected chi connectivity index (χ0v) is 12.0. The summed E-state index contributed by atoms with van der Waals surface area (Å²) in [5.74, 6) is -1.98. The first kappa shape index (κ1) is 14.5. The number of aliphatic hydroxyl groups excluding tert-OH is 1. The van der Waals surface area contributed by atoms with Gasteiger partial charge in [-0.25, -0.2) is 4.79 Å². The smallest absolute Gasteiger partial charge is 0.339 e. The number of fused-ring (bicyclic) bond motifs is 1. The average molecular weight is 297 g/mol. The summed E-state index contributed by atoms with van der Waals surface area (Å²) in [7, 11) is 0. The Hall–Kier alpha value is -1.43. The minimum absolute atomic E-state index is 0.00934. The molecule has 0 radical (unpaired) electrons. The molecular weight excluding hydrogens is 277 g/mol. The van der Waals surface area contributed by atoms with Crippen molar-refractivity contribution in [2.45, 2.75) is 49.9 Å². The Morgan fingerprint density at radius 2 is 2.33 bits per heavy atom. The Kier molecular flexibility index (Phi) is 3.31. The fourth-order valence-electron chi connectivity index (χ4n) is 3.99. The van der Waals surface area contributed by atoms with E-state index < -0.39 is 41.7 Å². The molecule has 0 spiro atoms. The molecule has 0 bridgehead atoms. The molecule has 0 unspecified atom stereocenters. The third-order valence-corrected chi connectivity index (χ3v) is 5.25. The van der Waals surface area contributed by atoms with Crippen LogP contribution in [0, 0.1) is 11.8 Å². The van der Waals surface area contributed by atoms with Crippen molar-refractivity contribution < 1.29 is 23.8 Å². The Labute approximate surface area is 122 Å². The fourth-order valence-corrected chi connectivity index (χ4v) is 3.99. The van der Waals surface area contributed by atoms with Crippen LogP contribution >= 0.6 is 0 Å². The van der Waals surface area contributed by atoms with Crippen molar-refractivity contribution in [3.8, 4) is 0 Å². The van der Waals surface area contributed by atoms with Crippen LogP contribution in [0.15, 0.2) is 12.2 Å². The topological polar surface area (TPSA) is 75.6 Å². The SMILES string of the molecule is C[C@@]12OC(=O)[C@]1([C@@H](O)[C@@H]1C=CCCC1)NC(=O)[C@@H]2CCF. The largest absolute Gasteiger partial charge is 0.453 e. The molecule has 116 valence electrons. The second kappa shape index (κ2) is 4.80. The minimum atomic E-state index is -1.43. The summed E-state index contributed by atoms with van der Waals surface area (Å²) < 4.78 is 17.9. The van der Waals surface area contributed by atoms with Gasteiger partial charge in [0.25, 0.3) is 0 Å². The number of halogens is 1. The summed E-state index contributed by atoms with van der Waals surface area (Å²) in [5, 5.41) is 13.4. The molecule has 5 atom stereocenters. The first-order valence-corrected chi connectivity index (χ1v) is 7.43. The van der Waals surface area contributed by atoms with Gasteiger partial charge in [0.05, 0.1) is 18.7 Å². The van der Waals surface area contributed by atoms with Crippen molar-refractivity contribution in [1.82, 2.24) is 5.32 Å². The van der Waals surface area contributed by atoms with Crippen molar-refractivity contribution in [1.29, 1.82) is 0 Å². The van der Waals surface area contributed by atoms with Crippen LogP contribution in [0.5, 0.6) is 0 Å². The molecule has 2 heterocycles. The molecule has 2 aliphatic heterocycles. The maximum atomic E-state index is 12.7. The van der Waals surface area contributed by atoms with Crippen molar-refractivity contribution in [2.75, 3.05) is 6.67 Å². The van der Waals surface area contributed by atoms with E-state index in [4.69, 9.17) is 4.74 Å². The van der Waals surface area contributed by atoms with E-state index in [1.807, 2.05) is 12.2 Å². The normalized spacial score (nSPS) is 42.8. The molecular formula is C15H20FNO4. The minimum Gasteiger partial charge on any atom is -0.453 e. The van der Waals surface area contributed by atoms with Gasteiger partial charge < -0.3 is 15.2 Å². The van der Waals surface area contributed by atoms with Gasteiger partial charge in [0.2, 0.25) is 11.4 Å². The number of aliphatic hydroxyl groups is 1. The number of hydrogen-bond donors (Lipinski definition) is 2. The second-order valence-corrected chi connectivity index (χ2v) is 6.29. The maximum absolute atomic E-state index is 12.7. The quantitative estimate of drug-likeness (QED) is 0.596. The Bertz CT molecular complexity index is 508. The van der Waals surface area contributed by atoms with Crippen LogP contribution in [0.4, 0.5) is 4.39 Å². The maximum Gasteiger partial charge on any atom is 0.339 e. The molecule has 5 nitrogen and oxygen atoms in total. The number of carbonyl (C=O) groups is 2. The number of amides is 1. The van der Waals surface area contributed by atoms with Crippen LogP contribution in [0.2, 0.25) is 0 Å². The number of allylic oxidation sites excluding steroid dienone is 1. The molecule has 0 aromatic rings. The highest BCUT2D eigenvalue weighted by Gasteiger charge is 2.79. The van der Waals surface area contributed by atoms with Crippen LogP contribution in [0.1, 0.15) is 32.6 Å². The van der Waals surface area contributed by atoms with Gasteiger partial charge in [-0.05, 0) is 32.6 Å². The third kappa shape index (κ3) is 1.71. The Morgan fingerprint density at radius 3 is 2.90 bits per heavy atom. The van der Waals surface area contributed by atoms with E-state index in [0.29, 0.717) is 0 Å². The van der Waals surface area contributed by atoms with E-state index in [1.54, 1.807) is 6.92 Å². The lowest BCUT2D eigenvalue weighted by Gasteiger charge is -2.54. The first-order valence-electron chi connectivity index (χ1n) is 7.43. The van der Waals surface area contributed by atoms with Gasteiger partial charge in [-0.3, -0.25) is 9.18 Å². The highest BCUT2D eigenvalue weighted by Crippen LogP contribution is 2.53. The number of ether oxygens (including phenoxy) is 1. The van der Waals surface area contributed by atoms with Crippen LogP contribution in [-0.2, 0) is 14.3 Å². The molecule has 3 aliphatic rings. The van der Waals surface area contributed by atoms with E-state index in [2.05, 4.69) is 5.32 Å². The molecule has 1 amide bonds. The predicted octanol–water partition coefficient (Wildman–Crippen LogP) is 0.863. The molecule has 0 aromatic carbocycles. The summed E-state index contributed by atoms with van der Waals surface area (Å²) in [6, 6.07) is 0. The molecule has 0 aromatic heterocycles. The molecule has 21 heavy (non-hydrogen) atoms. The summed E-state index contributed by atoms with van der Waals surface area (Å²) in [4.78, 5) is 24.2. The van der Waals surface area contributed by atoms with Crippen LogP contribution < -0.4 is 5.32 Å². The Morgan fingerprint density at radius 1 is 1.57 bits per heavy atom. The molecule has 3 rings (SSSR count). The molecule has 2 fully saturated rings. The van der Waals surface area contributed by atoms with Gasteiger partial charge in [-0.15, -0.1) is 0 Å². The monoisotopic (exact) mass is 297 g/mol. The van der Waals surface area contributed by atoms with Crippen LogP contribution in [0.25, 0.3) is 0 Å². The summed E-state index contributed by atoms with van der Waals surface area (Å²) in [5.41, 5.74) is -2.60. The summed E-state index contributed by atoms with van der Waals surface area (Å²) in [6.45, 7) is 0.948. The van der Waals surface area contributed by atoms with Gasteiger partial charge in [-0.1, -0.05) is 12.2 Å². The van der Waals surface area contributed by atoms with Crippen molar-refractivity contribution in [2.24, 2.45) is 11.8 Å². The van der Waals surface area contributed by atoms with Gasteiger partial charge in [-0.2, -0.15) is 0 Å². The van der Waals surface area contributed by atoms with Crippen molar-refractivity contribution >= 4 is 11.9 Å². The molecule has 0 saturated carbocycles. The van der Waals surface area contributed by atoms with E-state index in [9.17, 15) is 19.1 Å². The number of alkyl halides is 1. The highest BCUT2D eigenvalue weighted by molar-refractivity contribution is 6.01. The number of hydrogen-bond acceptors (Lipinski definition) is 4. The average Bonchev–Trinajstić information content (AvgIpc) is 2.65. The van der Waals surface area contributed by atoms with Crippen molar-refractivity contribution in [3.05, 3.63) is 12.2 Å². The molecule has 2 saturated heterocycles. The fraction of sp³-hybridized carbons (Fsp3) is 0.733. The summed E-state index contributed by atoms with van der Waals surface area (Å²) >= 11 is 0. The first-order chi connectivity index (χ1) is 9.97. The Balaban J connectivity index is 1.94. The van der Waals surface area contributed by atoms with Crippen LogP contribution in [0.3, 0.4) is 0 Å². The van der Waals surface area contributed by atoms with Gasteiger partial charge in [0.1, 0.15) is 0 Å². The van der Waals surface area contributed by atoms with E-state index in [-0.39, 0.29) is 12.3 Å². The molecule has 2 N–H and O–H groups in total. The molecule has 1 aliphatic carbocycles. The summed E-state index contributed by atoms with van der Waals surface area (Å²) in [6.07, 6.45) is 5.46. The van der Waals surface area contributed by atoms with Crippen molar-refractivity contribution in [3.63, 3.8) is 0 Å². The standard InChI is InChI=1S/C15H20FNO4/c1-14-10(7-8-16)12(19)17-15(14,13(20)21-14)11(18)9-5-3-2-4-6-9/h3,5,9-11,18H,2,4,6-8H2,1H3,(H,17,19)/t9-,10+,11+,14+,15+/m1/s1. The zero-order valence-electron chi connectivity index (χ0n) is 12.0. The van der Waals surface area contributed by atoms with Crippen LogP contribution in [-0.4, -0.2) is 40.9 Å². The van der Waals surface area contributed by atoms with Gasteiger partial charge >= 0.3 is 5.97 Å². The number of esters is 1. The molecule has 6 heteroatoms. The van der Waals surface area contributed by atoms with Gasteiger partial charge in [0.15, 0.2) is 5.60 Å². The second-order valence-electron chi connectivity index (χ2n) is 6.29. The lowest BCUT2D eigenvalue weighted by molar-refractivity contribution is -0.238. The van der Waals surface area contributed by atoms with E-state index in [1.165, 1.54) is 0 Å². The number of rotatable bonds is 4. The third-order valence-electron chi connectivity index (χ3n) is 5.25. The lowest BCUT2D eigenvalue weighted by atomic mass is 9.64.